The Morgan fingerprint density at radius 1 is 1.04 bits per heavy atom. The highest BCUT2D eigenvalue weighted by Crippen LogP contribution is 2.17. The maximum absolute atomic E-state index is 12.3. The van der Waals surface area contributed by atoms with Gasteiger partial charge in [0.2, 0.25) is 15.9 Å². The van der Waals surface area contributed by atoms with Crippen molar-refractivity contribution in [3.05, 3.63) is 89.3 Å². The molecule has 0 aliphatic heterocycles. The number of sulfonamides is 1. The topological polar surface area (TPSA) is 88.4 Å². The molecule has 0 spiro atoms. The molecule has 0 saturated carbocycles. The van der Waals surface area contributed by atoms with E-state index in [0.717, 1.165) is 5.56 Å². The summed E-state index contributed by atoms with van der Waals surface area (Å²) in [5, 5.41) is 3.21. The van der Waals surface area contributed by atoms with E-state index in [9.17, 15) is 13.2 Å². The number of benzene rings is 2. The maximum atomic E-state index is 12.3. The molecule has 1 heterocycles. The Hall–Kier alpha value is -2.87. The van der Waals surface area contributed by atoms with Crippen LogP contribution in [-0.4, -0.2) is 14.3 Å². The highest BCUT2D eigenvalue weighted by Gasteiger charge is 2.14. The molecule has 0 atom stereocenters. The zero-order chi connectivity index (χ0) is 20.0. The van der Waals surface area contributed by atoms with Gasteiger partial charge in [-0.05, 0) is 54.1 Å². The van der Waals surface area contributed by atoms with Crippen LogP contribution >= 0.6 is 11.6 Å². The number of hydrogen-bond donors (Lipinski definition) is 2. The summed E-state index contributed by atoms with van der Waals surface area (Å²) >= 11 is 6.03. The normalized spacial score (nSPS) is 11.6. The Bertz CT molecular complexity index is 1080. The lowest BCUT2D eigenvalue weighted by Crippen LogP contribution is -2.23. The van der Waals surface area contributed by atoms with Gasteiger partial charge in [-0.15, -0.1) is 0 Å². The maximum Gasteiger partial charge on any atom is 0.248 e. The molecule has 0 aliphatic rings. The molecule has 0 saturated heterocycles. The Balaban J connectivity index is 1.60. The number of hydrogen-bond acceptors (Lipinski definition) is 4. The molecule has 0 radical (unpaired) electrons. The highest BCUT2D eigenvalue weighted by atomic mass is 35.5. The number of rotatable bonds is 7. The fourth-order valence-corrected chi connectivity index (χ4v) is 3.53. The van der Waals surface area contributed by atoms with Gasteiger partial charge in [0.25, 0.3) is 0 Å². The molecule has 28 heavy (non-hydrogen) atoms. The van der Waals surface area contributed by atoms with Crippen LogP contribution in [0, 0.1) is 0 Å². The zero-order valence-electron chi connectivity index (χ0n) is 14.6. The van der Waals surface area contributed by atoms with Crippen LogP contribution in [0.3, 0.4) is 0 Å². The van der Waals surface area contributed by atoms with Crippen LogP contribution in [0.15, 0.2) is 82.3 Å². The number of carbonyl (C=O) groups excluding carboxylic acids is 1. The van der Waals surface area contributed by atoms with Gasteiger partial charge in [-0.25, -0.2) is 13.1 Å². The Kier molecular flexibility index (Phi) is 6.30. The number of amides is 1. The molecule has 144 valence electrons. The van der Waals surface area contributed by atoms with Crippen molar-refractivity contribution in [2.24, 2.45) is 0 Å². The first-order valence-electron chi connectivity index (χ1n) is 8.30. The van der Waals surface area contributed by atoms with Gasteiger partial charge in [0, 0.05) is 16.8 Å². The second-order valence-electron chi connectivity index (χ2n) is 5.77. The molecule has 6 nitrogen and oxygen atoms in total. The monoisotopic (exact) mass is 416 g/mol. The second-order valence-corrected chi connectivity index (χ2v) is 7.95. The van der Waals surface area contributed by atoms with Gasteiger partial charge < -0.3 is 9.73 Å². The van der Waals surface area contributed by atoms with E-state index in [4.69, 9.17) is 16.0 Å². The first-order chi connectivity index (χ1) is 13.4. The SMILES string of the molecule is O=C(/C=C/c1ccccc1Cl)Nc1ccc(S(=O)(=O)NCc2ccco2)cc1. The van der Waals surface area contributed by atoms with Crippen LogP contribution in [0.5, 0.6) is 0 Å². The first-order valence-corrected chi connectivity index (χ1v) is 10.2. The quantitative estimate of drug-likeness (QED) is 0.568. The summed E-state index contributed by atoms with van der Waals surface area (Å²) in [6, 6.07) is 16.4. The van der Waals surface area contributed by atoms with Crippen molar-refractivity contribution in [2.75, 3.05) is 5.32 Å². The summed E-state index contributed by atoms with van der Waals surface area (Å²) in [5.41, 5.74) is 1.20. The van der Waals surface area contributed by atoms with Gasteiger partial charge in [0.05, 0.1) is 17.7 Å². The molecular formula is C20H17ClN2O4S. The van der Waals surface area contributed by atoms with Crippen molar-refractivity contribution in [3.8, 4) is 0 Å². The molecule has 0 bridgehead atoms. The zero-order valence-corrected chi connectivity index (χ0v) is 16.2. The summed E-state index contributed by atoms with van der Waals surface area (Å²) in [6.45, 7) is 0.0562. The van der Waals surface area contributed by atoms with E-state index < -0.39 is 10.0 Å². The van der Waals surface area contributed by atoms with Gasteiger partial charge in [0.1, 0.15) is 5.76 Å². The molecule has 3 rings (SSSR count). The lowest BCUT2D eigenvalue weighted by molar-refractivity contribution is -0.111. The minimum Gasteiger partial charge on any atom is -0.468 e. The summed E-state index contributed by atoms with van der Waals surface area (Å²) < 4.78 is 32.1. The van der Waals surface area contributed by atoms with Crippen LogP contribution in [-0.2, 0) is 21.4 Å². The van der Waals surface area contributed by atoms with Crippen LogP contribution in [0.2, 0.25) is 5.02 Å². The third kappa shape index (κ3) is 5.32. The van der Waals surface area contributed by atoms with Crippen LogP contribution < -0.4 is 10.0 Å². The molecule has 8 heteroatoms. The fraction of sp³-hybridized carbons (Fsp3) is 0.0500. The molecular weight excluding hydrogens is 400 g/mol. The largest absolute Gasteiger partial charge is 0.468 e. The average Bonchev–Trinajstić information content (AvgIpc) is 3.20. The Morgan fingerprint density at radius 2 is 1.79 bits per heavy atom. The standard InChI is InChI=1S/C20H17ClN2O4S/c21-19-6-2-1-4-15(19)7-12-20(24)23-16-8-10-18(11-9-16)28(25,26)22-14-17-5-3-13-27-17/h1-13,22H,14H2,(H,23,24)/b12-7+. The van der Waals surface area contributed by atoms with Gasteiger partial charge in [-0.3, -0.25) is 4.79 Å². The minimum atomic E-state index is -3.68. The predicted octanol–water partition coefficient (Wildman–Crippen LogP) is 4.06. The minimum absolute atomic E-state index is 0.0562. The van der Waals surface area contributed by atoms with E-state index in [2.05, 4.69) is 10.0 Å². The van der Waals surface area contributed by atoms with Crippen LogP contribution in [0.1, 0.15) is 11.3 Å². The molecule has 0 unspecified atom stereocenters. The van der Waals surface area contributed by atoms with E-state index >= 15 is 0 Å². The Morgan fingerprint density at radius 3 is 2.46 bits per heavy atom. The predicted molar refractivity (Wildman–Crippen MR) is 108 cm³/mol. The number of carbonyl (C=O) groups is 1. The van der Waals surface area contributed by atoms with E-state index in [0.29, 0.717) is 16.5 Å². The average molecular weight is 417 g/mol. The molecule has 1 amide bonds. The molecule has 2 aromatic carbocycles. The summed E-state index contributed by atoms with van der Waals surface area (Å²) in [5.74, 6) is 0.157. The molecule has 0 fully saturated rings. The summed E-state index contributed by atoms with van der Waals surface area (Å²) in [6.07, 6.45) is 4.44. The third-order valence-electron chi connectivity index (χ3n) is 3.77. The van der Waals surface area contributed by atoms with Gasteiger partial charge in [-0.2, -0.15) is 0 Å². The van der Waals surface area contributed by atoms with E-state index in [1.165, 1.54) is 36.6 Å². The summed E-state index contributed by atoms with van der Waals surface area (Å²) in [7, 11) is -3.68. The van der Waals surface area contributed by atoms with E-state index in [1.807, 2.05) is 6.07 Å². The number of anilines is 1. The van der Waals surface area contributed by atoms with Crippen molar-refractivity contribution in [2.45, 2.75) is 11.4 Å². The van der Waals surface area contributed by atoms with Crippen molar-refractivity contribution in [3.63, 3.8) is 0 Å². The second kappa shape index (κ2) is 8.88. The van der Waals surface area contributed by atoms with Crippen molar-refractivity contribution >= 4 is 39.3 Å². The Labute approximate surface area is 167 Å². The molecule has 1 aromatic heterocycles. The van der Waals surface area contributed by atoms with Crippen molar-refractivity contribution < 1.29 is 17.6 Å². The third-order valence-corrected chi connectivity index (χ3v) is 5.53. The molecule has 0 aliphatic carbocycles. The van der Waals surface area contributed by atoms with Gasteiger partial charge >= 0.3 is 0 Å². The summed E-state index contributed by atoms with van der Waals surface area (Å²) in [4.78, 5) is 12.1. The smallest absolute Gasteiger partial charge is 0.248 e. The van der Waals surface area contributed by atoms with E-state index in [-0.39, 0.29) is 17.3 Å². The number of halogens is 1. The van der Waals surface area contributed by atoms with Gasteiger partial charge in [-0.1, -0.05) is 29.8 Å². The van der Waals surface area contributed by atoms with Crippen LogP contribution in [0.25, 0.3) is 6.08 Å². The lowest BCUT2D eigenvalue weighted by atomic mass is 10.2. The highest BCUT2D eigenvalue weighted by molar-refractivity contribution is 7.89. The number of nitrogens with one attached hydrogen (secondary N) is 2. The fourth-order valence-electron chi connectivity index (χ4n) is 2.34. The van der Waals surface area contributed by atoms with Gasteiger partial charge in [0.15, 0.2) is 0 Å². The lowest BCUT2D eigenvalue weighted by Gasteiger charge is -2.07. The molecule has 3 aromatic rings. The van der Waals surface area contributed by atoms with Crippen LogP contribution in [0.4, 0.5) is 5.69 Å². The number of furan rings is 1. The van der Waals surface area contributed by atoms with Crippen molar-refractivity contribution in [1.29, 1.82) is 0 Å². The molecule has 2 N–H and O–H groups in total. The first kappa shape index (κ1) is 19.9. The van der Waals surface area contributed by atoms with E-state index in [1.54, 1.807) is 36.4 Å². The van der Waals surface area contributed by atoms with Crippen molar-refractivity contribution in [1.82, 2.24) is 4.72 Å².